The largest absolute Gasteiger partial charge is 0.418 e. The summed E-state index contributed by atoms with van der Waals surface area (Å²) in [6.45, 7) is 3.53. The zero-order valence-electron chi connectivity index (χ0n) is 17.4. The van der Waals surface area contributed by atoms with Gasteiger partial charge in [-0.15, -0.1) is 0 Å². The van der Waals surface area contributed by atoms with Crippen molar-refractivity contribution in [2.24, 2.45) is 0 Å². The number of hydrogen-bond donors (Lipinski definition) is 0. The molecule has 0 amide bonds. The van der Waals surface area contributed by atoms with E-state index in [1.165, 1.54) is 33.8 Å². The lowest BCUT2D eigenvalue weighted by molar-refractivity contribution is -0.136. The number of halogens is 4. The molecule has 0 unspecified atom stereocenters. The number of aromatic nitrogens is 5. The SMILES string of the molecule is Cc1ccc(Cl)cc1-n1c(C)nc2c(cnn2-c2ccnc3c(C(F)(F)F)cccc23)c1=O. The van der Waals surface area contributed by atoms with Crippen LogP contribution in [-0.2, 0) is 6.18 Å². The number of rotatable bonds is 2. The fourth-order valence-corrected chi connectivity index (χ4v) is 4.10. The van der Waals surface area contributed by atoms with E-state index in [1.54, 1.807) is 31.2 Å². The molecule has 5 rings (SSSR count). The molecular formula is C23H15ClF3N5O. The quantitative estimate of drug-likeness (QED) is 0.347. The van der Waals surface area contributed by atoms with Gasteiger partial charge in [0.1, 0.15) is 11.2 Å². The van der Waals surface area contributed by atoms with Gasteiger partial charge >= 0.3 is 6.18 Å². The van der Waals surface area contributed by atoms with Gasteiger partial charge in [-0.25, -0.2) is 9.67 Å². The van der Waals surface area contributed by atoms with E-state index in [2.05, 4.69) is 15.1 Å². The third-order valence-electron chi connectivity index (χ3n) is 5.46. The van der Waals surface area contributed by atoms with Crippen molar-refractivity contribution in [1.29, 1.82) is 0 Å². The van der Waals surface area contributed by atoms with Gasteiger partial charge in [0.15, 0.2) is 5.65 Å². The van der Waals surface area contributed by atoms with Crippen molar-refractivity contribution >= 4 is 33.5 Å². The zero-order valence-corrected chi connectivity index (χ0v) is 18.1. The maximum atomic E-state index is 13.5. The minimum atomic E-state index is -4.56. The summed E-state index contributed by atoms with van der Waals surface area (Å²) in [5, 5.41) is 5.23. The van der Waals surface area contributed by atoms with Crippen LogP contribution in [0.25, 0.3) is 33.3 Å². The second kappa shape index (κ2) is 7.41. The first kappa shape index (κ1) is 21.1. The molecular weight excluding hydrogens is 455 g/mol. The van der Waals surface area contributed by atoms with Crippen molar-refractivity contribution in [3.63, 3.8) is 0 Å². The Morgan fingerprint density at radius 1 is 1.00 bits per heavy atom. The Labute approximate surface area is 189 Å². The van der Waals surface area contributed by atoms with E-state index < -0.39 is 11.7 Å². The predicted molar refractivity (Wildman–Crippen MR) is 119 cm³/mol. The summed E-state index contributed by atoms with van der Waals surface area (Å²) in [6, 6.07) is 10.6. The van der Waals surface area contributed by atoms with Crippen LogP contribution < -0.4 is 5.56 Å². The summed E-state index contributed by atoms with van der Waals surface area (Å²) in [6.07, 6.45) is -1.92. The van der Waals surface area contributed by atoms with Crippen LogP contribution in [0.3, 0.4) is 0 Å². The third kappa shape index (κ3) is 3.36. The standard InChI is InChI=1S/C23H15ClF3N5O/c1-12-6-7-14(24)10-19(12)31-13(2)30-21-16(22(31)33)11-29-32(21)18-8-9-28-20-15(18)4-3-5-17(20)23(25,26)27/h3-11H,1-2H3. The van der Waals surface area contributed by atoms with Gasteiger partial charge in [-0.05, 0) is 43.7 Å². The average Bonchev–Trinajstić information content (AvgIpc) is 3.18. The van der Waals surface area contributed by atoms with E-state index in [-0.39, 0.29) is 27.5 Å². The molecule has 0 aliphatic heterocycles. The molecule has 5 aromatic rings. The van der Waals surface area contributed by atoms with Gasteiger partial charge in [0.05, 0.1) is 28.7 Å². The van der Waals surface area contributed by atoms with Crippen LogP contribution in [0.2, 0.25) is 5.02 Å². The smallest absolute Gasteiger partial charge is 0.268 e. The molecule has 3 heterocycles. The van der Waals surface area contributed by atoms with Crippen LogP contribution in [0.1, 0.15) is 17.0 Å². The van der Waals surface area contributed by atoms with Gasteiger partial charge in [-0.1, -0.05) is 29.8 Å². The molecule has 2 aromatic carbocycles. The fraction of sp³-hybridized carbons (Fsp3) is 0.130. The predicted octanol–water partition coefficient (Wildman–Crippen LogP) is 5.41. The van der Waals surface area contributed by atoms with Crippen LogP contribution in [-0.4, -0.2) is 24.3 Å². The van der Waals surface area contributed by atoms with Gasteiger partial charge in [-0.2, -0.15) is 18.3 Å². The number of para-hydroxylation sites is 1. The van der Waals surface area contributed by atoms with E-state index in [0.29, 0.717) is 22.2 Å². The Morgan fingerprint density at radius 2 is 1.79 bits per heavy atom. The monoisotopic (exact) mass is 469 g/mol. The molecule has 6 nitrogen and oxygen atoms in total. The third-order valence-corrected chi connectivity index (χ3v) is 5.70. The minimum absolute atomic E-state index is 0.203. The van der Waals surface area contributed by atoms with E-state index in [0.717, 1.165) is 11.6 Å². The topological polar surface area (TPSA) is 65.6 Å². The summed E-state index contributed by atoms with van der Waals surface area (Å²) in [5.41, 5.74) is 0.590. The summed E-state index contributed by atoms with van der Waals surface area (Å²) in [7, 11) is 0. The highest BCUT2D eigenvalue weighted by Gasteiger charge is 2.33. The second-order valence-electron chi connectivity index (χ2n) is 7.55. The second-order valence-corrected chi connectivity index (χ2v) is 7.99. The lowest BCUT2D eigenvalue weighted by atomic mass is 10.1. The highest BCUT2D eigenvalue weighted by atomic mass is 35.5. The number of alkyl halides is 3. The first-order valence-corrected chi connectivity index (χ1v) is 10.2. The fourth-order valence-electron chi connectivity index (χ4n) is 3.93. The molecule has 33 heavy (non-hydrogen) atoms. The average molecular weight is 470 g/mol. The molecule has 0 spiro atoms. The lowest BCUT2D eigenvalue weighted by Crippen LogP contribution is -2.23. The molecule has 0 atom stereocenters. The molecule has 3 aromatic heterocycles. The first-order valence-electron chi connectivity index (χ1n) is 9.86. The van der Waals surface area contributed by atoms with Gasteiger partial charge in [0.2, 0.25) is 0 Å². The Hall–Kier alpha value is -3.72. The van der Waals surface area contributed by atoms with E-state index >= 15 is 0 Å². The van der Waals surface area contributed by atoms with Crippen molar-refractivity contribution in [2.45, 2.75) is 20.0 Å². The first-order chi connectivity index (χ1) is 15.7. The van der Waals surface area contributed by atoms with Gasteiger partial charge in [0.25, 0.3) is 5.56 Å². The van der Waals surface area contributed by atoms with Crippen LogP contribution in [0, 0.1) is 13.8 Å². The number of benzene rings is 2. The summed E-state index contributed by atoms with van der Waals surface area (Å²) >= 11 is 6.14. The lowest BCUT2D eigenvalue weighted by Gasteiger charge is -2.14. The van der Waals surface area contributed by atoms with Crippen molar-refractivity contribution in [3.8, 4) is 11.4 Å². The van der Waals surface area contributed by atoms with Crippen LogP contribution in [0.15, 0.2) is 59.7 Å². The van der Waals surface area contributed by atoms with Crippen LogP contribution in [0.5, 0.6) is 0 Å². The Bertz CT molecular complexity index is 1620. The molecule has 0 fully saturated rings. The molecule has 10 heteroatoms. The van der Waals surface area contributed by atoms with E-state index in [1.807, 2.05) is 6.92 Å². The van der Waals surface area contributed by atoms with Crippen molar-refractivity contribution < 1.29 is 13.2 Å². The summed E-state index contributed by atoms with van der Waals surface area (Å²) in [4.78, 5) is 21.9. The number of pyridine rings is 1. The molecule has 0 N–H and O–H groups in total. The number of nitrogens with zero attached hydrogens (tertiary/aromatic N) is 5. The normalized spacial score (nSPS) is 12.1. The Balaban J connectivity index is 1.78. The van der Waals surface area contributed by atoms with Crippen LogP contribution in [0.4, 0.5) is 13.2 Å². The number of hydrogen-bond acceptors (Lipinski definition) is 4. The molecule has 166 valence electrons. The molecule has 0 aliphatic carbocycles. The summed E-state index contributed by atoms with van der Waals surface area (Å²) in [5.74, 6) is 0.383. The highest BCUT2D eigenvalue weighted by molar-refractivity contribution is 6.30. The number of fused-ring (bicyclic) bond motifs is 2. The summed E-state index contributed by atoms with van der Waals surface area (Å²) < 4.78 is 43.3. The molecule has 0 aliphatic rings. The van der Waals surface area contributed by atoms with Gasteiger partial charge < -0.3 is 0 Å². The molecule has 0 radical (unpaired) electrons. The van der Waals surface area contributed by atoms with Crippen molar-refractivity contribution in [1.82, 2.24) is 24.3 Å². The minimum Gasteiger partial charge on any atom is -0.268 e. The van der Waals surface area contributed by atoms with E-state index in [9.17, 15) is 18.0 Å². The molecule has 0 saturated carbocycles. The van der Waals surface area contributed by atoms with Crippen molar-refractivity contribution in [3.05, 3.63) is 87.2 Å². The van der Waals surface area contributed by atoms with E-state index in [4.69, 9.17) is 11.6 Å². The van der Waals surface area contributed by atoms with Gasteiger partial charge in [-0.3, -0.25) is 14.3 Å². The highest BCUT2D eigenvalue weighted by Crippen LogP contribution is 2.35. The van der Waals surface area contributed by atoms with Gasteiger partial charge in [0, 0.05) is 16.6 Å². The maximum absolute atomic E-state index is 13.5. The molecule has 0 saturated heterocycles. The Morgan fingerprint density at radius 3 is 2.55 bits per heavy atom. The van der Waals surface area contributed by atoms with Crippen LogP contribution >= 0.6 is 11.6 Å². The zero-order chi connectivity index (χ0) is 23.5. The molecule has 0 bridgehead atoms. The maximum Gasteiger partial charge on any atom is 0.418 e. The number of aryl methyl sites for hydroxylation is 2. The van der Waals surface area contributed by atoms with Crippen molar-refractivity contribution in [2.75, 3.05) is 0 Å². The Kier molecular flexibility index (Phi) is 4.75.